The Morgan fingerprint density at radius 3 is 2.15 bits per heavy atom. The van der Waals surface area contributed by atoms with Gasteiger partial charge in [0, 0.05) is 18.5 Å². The normalized spacial score (nSPS) is 10.7. The summed E-state index contributed by atoms with van der Waals surface area (Å²) < 4.78 is 0. The first-order valence-corrected chi connectivity index (χ1v) is 4.20. The topological polar surface area (TPSA) is 91.0 Å². The minimum absolute atomic E-state index is 0.00199. The molecule has 5 heteroatoms. The van der Waals surface area contributed by atoms with Crippen molar-refractivity contribution in [2.24, 2.45) is 11.1 Å². The third-order valence-corrected chi connectivity index (χ3v) is 1.41. The molecule has 0 fully saturated rings. The van der Waals surface area contributed by atoms with E-state index in [1.165, 1.54) is 0 Å². The first-order valence-electron chi connectivity index (χ1n) is 4.20. The van der Waals surface area contributed by atoms with Gasteiger partial charge in [0.05, 0.1) is 0 Å². The fourth-order valence-corrected chi connectivity index (χ4v) is 0.638. The van der Waals surface area contributed by atoms with Crippen molar-refractivity contribution < 1.29 is 4.79 Å². The molecule has 0 rings (SSSR count). The number of guanidine groups is 1. The summed E-state index contributed by atoms with van der Waals surface area (Å²) in [6.45, 7) is 6.51. The van der Waals surface area contributed by atoms with Gasteiger partial charge in [-0.25, -0.2) is 0 Å². The Morgan fingerprint density at radius 1 is 1.31 bits per heavy atom. The summed E-state index contributed by atoms with van der Waals surface area (Å²) in [6, 6.07) is 0. The lowest BCUT2D eigenvalue weighted by Gasteiger charge is -2.17. The zero-order valence-electron chi connectivity index (χ0n) is 8.40. The van der Waals surface area contributed by atoms with E-state index in [1.807, 2.05) is 20.8 Å². The number of hydrogen-bond acceptors (Lipinski definition) is 2. The molecule has 0 saturated heterocycles. The van der Waals surface area contributed by atoms with Crippen LogP contribution in [0.2, 0.25) is 0 Å². The van der Waals surface area contributed by atoms with Gasteiger partial charge in [-0.1, -0.05) is 20.8 Å². The van der Waals surface area contributed by atoms with E-state index in [-0.39, 0.29) is 17.3 Å². The lowest BCUT2D eigenvalue weighted by molar-refractivity contribution is -0.128. The summed E-state index contributed by atoms with van der Waals surface area (Å²) in [6.07, 6.45) is 0. The van der Waals surface area contributed by atoms with Crippen LogP contribution in [0.25, 0.3) is 0 Å². The Balaban J connectivity index is 3.55. The molecule has 13 heavy (non-hydrogen) atoms. The molecule has 1 amide bonds. The van der Waals surface area contributed by atoms with E-state index in [9.17, 15) is 4.79 Å². The molecule has 0 bridgehead atoms. The molecule has 0 saturated carbocycles. The van der Waals surface area contributed by atoms with Crippen LogP contribution in [0.5, 0.6) is 0 Å². The lowest BCUT2D eigenvalue weighted by atomic mass is 9.96. The average molecular weight is 186 g/mol. The molecule has 5 nitrogen and oxygen atoms in total. The lowest BCUT2D eigenvalue weighted by Crippen LogP contribution is -2.41. The summed E-state index contributed by atoms with van der Waals surface area (Å²) in [5, 5.41) is 12.2. The van der Waals surface area contributed by atoms with E-state index in [0.717, 1.165) is 0 Å². The number of carbonyl (C=O) groups excluding carboxylic acids is 1. The molecule has 0 aliphatic heterocycles. The van der Waals surface area contributed by atoms with Crippen molar-refractivity contribution in [2.45, 2.75) is 20.8 Å². The number of nitrogens with one attached hydrogen (secondary N) is 3. The van der Waals surface area contributed by atoms with Crippen molar-refractivity contribution >= 4 is 11.9 Å². The highest BCUT2D eigenvalue weighted by molar-refractivity contribution is 5.81. The van der Waals surface area contributed by atoms with Gasteiger partial charge in [-0.05, 0) is 0 Å². The first kappa shape index (κ1) is 11.7. The Bertz CT molecular complexity index is 195. The highest BCUT2D eigenvalue weighted by atomic mass is 16.2. The van der Waals surface area contributed by atoms with Crippen molar-refractivity contribution in [1.29, 1.82) is 5.41 Å². The molecular weight excluding hydrogens is 168 g/mol. The summed E-state index contributed by atoms with van der Waals surface area (Å²) in [5.41, 5.74) is 4.69. The molecule has 0 atom stereocenters. The van der Waals surface area contributed by atoms with Crippen molar-refractivity contribution in [3.63, 3.8) is 0 Å². The van der Waals surface area contributed by atoms with E-state index in [2.05, 4.69) is 10.6 Å². The molecule has 0 aliphatic rings. The number of nitrogens with two attached hydrogens (primary N) is 1. The molecule has 0 spiro atoms. The molecule has 0 heterocycles. The van der Waals surface area contributed by atoms with Crippen LogP contribution in [0, 0.1) is 10.8 Å². The third-order valence-electron chi connectivity index (χ3n) is 1.41. The first-order chi connectivity index (χ1) is 5.84. The quantitative estimate of drug-likeness (QED) is 0.275. The highest BCUT2D eigenvalue weighted by Crippen LogP contribution is 2.11. The van der Waals surface area contributed by atoms with Gasteiger partial charge in [0.25, 0.3) is 0 Å². The van der Waals surface area contributed by atoms with E-state index in [0.29, 0.717) is 13.1 Å². The Kier molecular flexibility index (Phi) is 4.23. The van der Waals surface area contributed by atoms with Gasteiger partial charge in [-0.15, -0.1) is 0 Å². The van der Waals surface area contributed by atoms with Crippen LogP contribution in [-0.4, -0.2) is 25.0 Å². The second kappa shape index (κ2) is 4.69. The second-order valence-electron chi connectivity index (χ2n) is 3.85. The number of amides is 1. The van der Waals surface area contributed by atoms with Crippen LogP contribution < -0.4 is 16.4 Å². The Morgan fingerprint density at radius 2 is 1.77 bits per heavy atom. The van der Waals surface area contributed by atoms with Crippen LogP contribution in [0.3, 0.4) is 0 Å². The largest absolute Gasteiger partial charge is 0.370 e. The molecule has 0 aromatic rings. The van der Waals surface area contributed by atoms with Gasteiger partial charge in [-0.2, -0.15) is 0 Å². The zero-order chi connectivity index (χ0) is 10.5. The standard InChI is InChI=1S/C8H18N4O/c1-8(2,3)6(13)11-4-5-12-7(9)10/h4-5H2,1-3H3,(H,11,13)(H4,9,10,12). The number of carbonyl (C=O) groups is 1. The molecule has 0 aliphatic carbocycles. The van der Waals surface area contributed by atoms with Crippen LogP contribution >= 0.6 is 0 Å². The number of hydrogen-bond donors (Lipinski definition) is 4. The summed E-state index contributed by atoms with van der Waals surface area (Å²) in [7, 11) is 0. The summed E-state index contributed by atoms with van der Waals surface area (Å²) in [5.74, 6) is -0.0807. The van der Waals surface area contributed by atoms with Gasteiger partial charge >= 0.3 is 0 Å². The zero-order valence-corrected chi connectivity index (χ0v) is 8.40. The molecule has 5 N–H and O–H groups in total. The Labute approximate surface area is 78.6 Å². The smallest absolute Gasteiger partial charge is 0.225 e. The van der Waals surface area contributed by atoms with E-state index in [4.69, 9.17) is 11.1 Å². The predicted octanol–water partition coefficient (Wildman–Crippen LogP) is -0.368. The maximum absolute atomic E-state index is 11.3. The van der Waals surface area contributed by atoms with E-state index >= 15 is 0 Å². The molecule has 0 radical (unpaired) electrons. The molecule has 0 unspecified atom stereocenters. The van der Waals surface area contributed by atoms with Crippen molar-refractivity contribution in [1.82, 2.24) is 10.6 Å². The van der Waals surface area contributed by atoms with Gasteiger partial charge in [-0.3, -0.25) is 10.2 Å². The van der Waals surface area contributed by atoms with Crippen LogP contribution in [0.1, 0.15) is 20.8 Å². The minimum atomic E-state index is -0.365. The molecular formula is C8H18N4O. The van der Waals surface area contributed by atoms with Crippen LogP contribution in [0.4, 0.5) is 0 Å². The molecule has 0 aromatic carbocycles. The SMILES string of the molecule is CC(C)(C)C(=O)NCCNC(=N)N. The van der Waals surface area contributed by atoms with Gasteiger partial charge in [0.2, 0.25) is 5.91 Å². The monoisotopic (exact) mass is 186 g/mol. The second-order valence-corrected chi connectivity index (χ2v) is 3.85. The molecule has 0 aromatic heterocycles. The van der Waals surface area contributed by atoms with E-state index in [1.54, 1.807) is 0 Å². The van der Waals surface area contributed by atoms with Gasteiger partial charge in [0.15, 0.2) is 5.96 Å². The van der Waals surface area contributed by atoms with Crippen LogP contribution in [0.15, 0.2) is 0 Å². The Hall–Kier alpha value is -1.26. The molecule has 76 valence electrons. The van der Waals surface area contributed by atoms with Gasteiger partial charge < -0.3 is 16.4 Å². The van der Waals surface area contributed by atoms with Crippen molar-refractivity contribution in [3.8, 4) is 0 Å². The van der Waals surface area contributed by atoms with Gasteiger partial charge in [0.1, 0.15) is 0 Å². The minimum Gasteiger partial charge on any atom is -0.370 e. The van der Waals surface area contributed by atoms with E-state index < -0.39 is 0 Å². The fraction of sp³-hybridized carbons (Fsp3) is 0.750. The summed E-state index contributed by atoms with van der Waals surface area (Å²) >= 11 is 0. The predicted molar refractivity (Wildman–Crippen MR) is 52.4 cm³/mol. The third kappa shape index (κ3) is 5.95. The van der Waals surface area contributed by atoms with Crippen molar-refractivity contribution in [2.75, 3.05) is 13.1 Å². The number of rotatable bonds is 3. The maximum Gasteiger partial charge on any atom is 0.225 e. The average Bonchev–Trinajstić information content (AvgIpc) is 1.95. The highest BCUT2D eigenvalue weighted by Gasteiger charge is 2.19. The van der Waals surface area contributed by atoms with Crippen molar-refractivity contribution in [3.05, 3.63) is 0 Å². The van der Waals surface area contributed by atoms with Crippen LogP contribution in [-0.2, 0) is 4.79 Å². The summed E-state index contributed by atoms with van der Waals surface area (Å²) in [4.78, 5) is 11.3. The maximum atomic E-state index is 11.3. The fourth-order valence-electron chi connectivity index (χ4n) is 0.638.